The molecule has 8 nitrogen and oxygen atoms in total. The summed E-state index contributed by atoms with van der Waals surface area (Å²) in [6, 6.07) is 5.32. The van der Waals surface area contributed by atoms with Crippen molar-refractivity contribution in [2.24, 2.45) is 0 Å². The topological polar surface area (TPSA) is 73.8 Å². The number of fused-ring (bicyclic) bond motifs is 1. The molecule has 184 valence electrons. The second-order valence-corrected chi connectivity index (χ2v) is 9.59. The third-order valence-electron chi connectivity index (χ3n) is 6.51. The Morgan fingerprint density at radius 3 is 2.53 bits per heavy atom. The van der Waals surface area contributed by atoms with Gasteiger partial charge in [0.2, 0.25) is 0 Å². The molecule has 4 rings (SSSR count). The molecular weight excluding hydrogens is 435 g/mol. The van der Waals surface area contributed by atoms with Crippen LogP contribution in [0.5, 0.6) is 5.75 Å². The minimum absolute atomic E-state index is 0.0114. The second kappa shape index (κ2) is 10.0. The molecule has 0 unspecified atom stereocenters. The fourth-order valence-corrected chi connectivity index (χ4v) is 4.73. The Balaban J connectivity index is 1.53. The van der Waals surface area contributed by atoms with Crippen LogP contribution in [0.1, 0.15) is 49.6 Å². The number of hydrogen-bond donors (Lipinski definition) is 1. The van der Waals surface area contributed by atoms with Gasteiger partial charge in [0.25, 0.3) is 0 Å². The van der Waals surface area contributed by atoms with Crippen LogP contribution in [0.15, 0.2) is 18.2 Å². The summed E-state index contributed by atoms with van der Waals surface area (Å²) in [4.78, 5) is 28.1. The van der Waals surface area contributed by atoms with Gasteiger partial charge < -0.3 is 24.8 Å². The highest BCUT2D eigenvalue weighted by Gasteiger charge is 2.29. The van der Waals surface area contributed by atoms with Gasteiger partial charge >= 0.3 is 6.03 Å². The number of urea groups is 1. The van der Waals surface area contributed by atoms with Gasteiger partial charge in [-0.15, -0.1) is 0 Å². The molecule has 1 fully saturated rings. The van der Waals surface area contributed by atoms with Crippen LogP contribution < -0.4 is 15.0 Å². The van der Waals surface area contributed by atoms with Crippen LogP contribution >= 0.6 is 0 Å². The van der Waals surface area contributed by atoms with Gasteiger partial charge in [0, 0.05) is 52.3 Å². The maximum absolute atomic E-state index is 14.6. The fraction of sp³-hybridized carbons (Fsp3) is 0.560. The Labute approximate surface area is 201 Å². The van der Waals surface area contributed by atoms with Gasteiger partial charge in [0.05, 0.1) is 25.0 Å². The van der Waals surface area contributed by atoms with Crippen LogP contribution in [0.3, 0.4) is 0 Å². The predicted octanol–water partition coefficient (Wildman–Crippen LogP) is 3.87. The number of hydrogen-bond acceptors (Lipinski definition) is 6. The van der Waals surface area contributed by atoms with Crippen molar-refractivity contribution >= 4 is 17.7 Å². The number of rotatable bonds is 5. The highest BCUT2D eigenvalue weighted by atomic mass is 19.1. The van der Waals surface area contributed by atoms with Crippen LogP contribution in [0, 0.1) is 5.82 Å². The molecule has 1 saturated heterocycles. The Morgan fingerprint density at radius 1 is 1.18 bits per heavy atom. The molecule has 0 aliphatic carbocycles. The first kappa shape index (κ1) is 24.0. The molecule has 2 aliphatic heterocycles. The summed E-state index contributed by atoms with van der Waals surface area (Å²) < 4.78 is 19.8. The number of aromatic nitrogens is 2. The number of nitrogens with zero attached hydrogens (tertiary/aromatic N) is 5. The Hall–Kier alpha value is -3.10. The number of piperidine rings is 1. The molecular formula is C25H35FN6O2. The van der Waals surface area contributed by atoms with Gasteiger partial charge in [0.15, 0.2) is 11.6 Å². The van der Waals surface area contributed by atoms with Gasteiger partial charge in [0.1, 0.15) is 11.6 Å². The van der Waals surface area contributed by atoms with Gasteiger partial charge in [-0.2, -0.15) is 0 Å². The zero-order chi connectivity index (χ0) is 24.4. The molecule has 2 aromatic rings. The number of benzene rings is 1. The van der Waals surface area contributed by atoms with Crippen molar-refractivity contribution < 1.29 is 13.9 Å². The normalized spacial score (nSPS) is 16.4. The molecule has 0 saturated carbocycles. The fourth-order valence-electron chi connectivity index (χ4n) is 4.73. The maximum Gasteiger partial charge on any atom is 0.319 e. The number of carbonyl (C=O) groups excluding carboxylic acids is 1. The molecule has 9 heteroatoms. The number of amides is 2. The number of carbonyl (C=O) groups is 1. The van der Waals surface area contributed by atoms with Crippen molar-refractivity contribution in [2.45, 2.75) is 51.6 Å². The van der Waals surface area contributed by atoms with Gasteiger partial charge in [-0.25, -0.2) is 19.2 Å². The minimum Gasteiger partial charge on any atom is -0.497 e. The van der Waals surface area contributed by atoms with Crippen molar-refractivity contribution in [3.05, 3.63) is 41.0 Å². The quantitative estimate of drug-likeness (QED) is 0.715. The minimum atomic E-state index is -0.203. The monoisotopic (exact) mass is 470 g/mol. The van der Waals surface area contributed by atoms with E-state index in [1.165, 1.54) is 6.07 Å². The zero-order valence-electron chi connectivity index (χ0n) is 20.8. The summed E-state index contributed by atoms with van der Waals surface area (Å²) in [5.41, 5.74) is 2.56. The van der Waals surface area contributed by atoms with Crippen molar-refractivity contribution in [1.82, 2.24) is 19.8 Å². The summed E-state index contributed by atoms with van der Waals surface area (Å²) in [7, 11) is 5.08. The maximum atomic E-state index is 14.6. The summed E-state index contributed by atoms with van der Waals surface area (Å²) >= 11 is 0. The first-order chi connectivity index (χ1) is 16.3. The third kappa shape index (κ3) is 5.03. The molecule has 0 radical (unpaired) electrons. The molecule has 3 heterocycles. The van der Waals surface area contributed by atoms with Crippen LogP contribution in [0.25, 0.3) is 0 Å². The van der Waals surface area contributed by atoms with E-state index in [1.54, 1.807) is 26.1 Å². The molecule has 1 aromatic heterocycles. The average Bonchev–Trinajstić information content (AvgIpc) is 2.82. The molecule has 2 amide bonds. The van der Waals surface area contributed by atoms with E-state index in [4.69, 9.17) is 14.7 Å². The highest BCUT2D eigenvalue weighted by molar-refractivity contribution is 5.74. The lowest BCUT2D eigenvalue weighted by molar-refractivity contribution is 0.164. The van der Waals surface area contributed by atoms with Crippen molar-refractivity contribution in [2.75, 3.05) is 51.1 Å². The van der Waals surface area contributed by atoms with Gasteiger partial charge in [-0.05, 0) is 44.2 Å². The number of halogens is 1. The van der Waals surface area contributed by atoms with E-state index in [2.05, 4.69) is 24.1 Å². The first-order valence-electron chi connectivity index (χ1n) is 12.0. The average molecular weight is 471 g/mol. The zero-order valence-corrected chi connectivity index (χ0v) is 20.8. The first-order valence-corrected chi connectivity index (χ1v) is 12.0. The third-order valence-corrected chi connectivity index (χ3v) is 6.51. The summed E-state index contributed by atoms with van der Waals surface area (Å²) in [6.45, 7) is 6.80. The van der Waals surface area contributed by atoms with Crippen LogP contribution in [-0.2, 0) is 13.0 Å². The van der Waals surface area contributed by atoms with Crippen molar-refractivity contribution in [3.8, 4) is 5.75 Å². The standard InChI is InChI=1S/C25H35FN6O2/c1-16(2)27-23-24(29-21-10-13-32(15-22(21)28-23)25(33)30(3)4)31-11-8-17(9-12-31)19-7-6-18(34-5)14-20(19)26/h6-7,14,16-17H,8-13,15H2,1-5H3,(H,27,28). The van der Waals surface area contributed by atoms with Crippen LogP contribution in [-0.4, -0.2) is 72.7 Å². The predicted molar refractivity (Wildman–Crippen MR) is 131 cm³/mol. The molecule has 2 aliphatic rings. The smallest absolute Gasteiger partial charge is 0.319 e. The Kier molecular flexibility index (Phi) is 7.09. The number of ether oxygens (including phenoxy) is 1. The summed E-state index contributed by atoms with van der Waals surface area (Å²) in [6.07, 6.45) is 2.37. The Bertz CT molecular complexity index is 1040. The van der Waals surface area contributed by atoms with Crippen LogP contribution in [0.2, 0.25) is 0 Å². The summed E-state index contributed by atoms with van der Waals surface area (Å²) in [5.74, 6) is 2.11. The van der Waals surface area contributed by atoms with E-state index in [0.717, 1.165) is 54.5 Å². The van der Waals surface area contributed by atoms with Crippen molar-refractivity contribution in [1.29, 1.82) is 0 Å². The Morgan fingerprint density at radius 2 is 1.91 bits per heavy atom. The largest absolute Gasteiger partial charge is 0.497 e. The van der Waals surface area contributed by atoms with E-state index < -0.39 is 0 Å². The van der Waals surface area contributed by atoms with E-state index in [9.17, 15) is 9.18 Å². The van der Waals surface area contributed by atoms with Crippen LogP contribution in [0.4, 0.5) is 20.8 Å². The molecule has 0 atom stereocenters. The number of anilines is 2. The molecule has 1 aromatic carbocycles. The lowest BCUT2D eigenvalue weighted by atomic mass is 9.89. The summed E-state index contributed by atoms with van der Waals surface area (Å²) in [5, 5.41) is 3.45. The van der Waals surface area contributed by atoms with Gasteiger partial charge in [-0.1, -0.05) is 6.07 Å². The SMILES string of the molecule is COc1ccc(C2CCN(c3nc4c(nc3NC(C)C)CN(C(=O)N(C)C)CC4)CC2)c(F)c1. The van der Waals surface area contributed by atoms with E-state index in [-0.39, 0.29) is 23.8 Å². The molecule has 1 N–H and O–H groups in total. The lowest BCUT2D eigenvalue weighted by Crippen LogP contribution is -2.43. The van der Waals surface area contributed by atoms with Crippen molar-refractivity contribution in [3.63, 3.8) is 0 Å². The molecule has 34 heavy (non-hydrogen) atoms. The second-order valence-electron chi connectivity index (χ2n) is 9.59. The van der Waals surface area contributed by atoms with E-state index in [1.807, 2.05) is 17.0 Å². The number of nitrogens with one attached hydrogen (secondary N) is 1. The lowest BCUT2D eigenvalue weighted by Gasteiger charge is -2.36. The van der Waals surface area contributed by atoms with E-state index >= 15 is 0 Å². The van der Waals surface area contributed by atoms with Gasteiger partial charge in [-0.3, -0.25) is 0 Å². The molecule has 0 bridgehead atoms. The number of methoxy groups -OCH3 is 1. The molecule has 0 spiro atoms. The van der Waals surface area contributed by atoms with E-state index in [0.29, 0.717) is 25.3 Å². The highest BCUT2D eigenvalue weighted by Crippen LogP contribution is 2.35.